The van der Waals surface area contributed by atoms with Gasteiger partial charge in [-0.15, -0.1) is 0 Å². The standard InChI is InChI=1S/C11H15NO2/c1-2-12-10(13)8-6-3-4-7(5-6)9(8)11(12)14/h6-9H,2-5H2,1H3/t6-,7+,8-,9+. The molecule has 14 heavy (non-hydrogen) atoms. The van der Waals surface area contributed by atoms with Crippen molar-refractivity contribution < 1.29 is 9.59 Å². The van der Waals surface area contributed by atoms with Crippen LogP contribution in [0.3, 0.4) is 0 Å². The molecule has 0 spiro atoms. The molecule has 2 saturated carbocycles. The summed E-state index contributed by atoms with van der Waals surface area (Å²) in [6.07, 6.45) is 3.47. The molecule has 1 saturated heterocycles. The lowest BCUT2D eigenvalue weighted by Crippen LogP contribution is -2.32. The normalized spacial score (nSPS) is 45.1. The zero-order valence-corrected chi connectivity index (χ0v) is 8.40. The highest BCUT2D eigenvalue weighted by atomic mass is 16.2. The molecule has 2 aliphatic carbocycles. The van der Waals surface area contributed by atoms with Crippen molar-refractivity contribution in [3.8, 4) is 0 Å². The van der Waals surface area contributed by atoms with E-state index in [1.54, 1.807) is 0 Å². The van der Waals surface area contributed by atoms with Gasteiger partial charge >= 0.3 is 0 Å². The summed E-state index contributed by atoms with van der Waals surface area (Å²) in [5, 5.41) is 0. The van der Waals surface area contributed by atoms with E-state index in [-0.39, 0.29) is 23.7 Å². The van der Waals surface area contributed by atoms with E-state index in [9.17, 15) is 9.59 Å². The Hall–Kier alpha value is -0.860. The van der Waals surface area contributed by atoms with Gasteiger partial charge in [-0.2, -0.15) is 0 Å². The summed E-state index contributed by atoms with van der Waals surface area (Å²) in [4.78, 5) is 25.3. The van der Waals surface area contributed by atoms with E-state index in [0.29, 0.717) is 18.4 Å². The number of hydrogen-bond donors (Lipinski definition) is 0. The number of hydrogen-bond acceptors (Lipinski definition) is 2. The maximum absolute atomic E-state index is 11.9. The van der Waals surface area contributed by atoms with E-state index in [1.807, 2.05) is 6.92 Å². The number of fused-ring (bicyclic) bond motifs is 5. The van der Waals surface area contributed by atoms with E-state index in [4.69, 9.17) is 0 Å². The molecule has 0 N–H and O–H groups in total. The molecule has 2 bridgehead atoms. The topological polar surface area (TPSA) is 37.4 Å². The molecule has 2 amide bonds. The van der Waals surface area contributed by atoms with E-state index < -0.39 is 0 Å². The smallest absolute Gasteiger partial charge is 0.233 e. The van der Waals surface area contributed by atoms with Gasteiger partial charge in [0.2, 0.25) is 11.8 Å². The fraction of sp³-hybridized carbons (Fsp3) is 0.818. The highest BCUT2D eigenvalue weighted by Gasteiger charge is 2.60. The first-order valence-electron chi connectivity index (χ1n) is 5.59. The Labute approximate surface area is 83.5 Å². The van der Waals surface area contributed by atoms with Crippen molar-refractivity contribution in [3.05, 3.63) is 0 Å². The minimum absolute atomic E-state index is 0.0706. The predicted molar refractivity (Wildman–Crippen MR) is 50.2 cm³/mol. The van der Waals surface area contributed by atoms with Gasteiger partial charge in [0.05, 0.1) is 11.8 Å². The summed E-state index contributed by atoms with van der Waals surface area (Å²) >= 11 is 0. The van der Waals surface area contributed by atoms with Gasteiger partial charge in [0.15, 0.2) is 0 Å². The zero-order chi connectivity index (χ0) is 9.87. The second-order valence-corrected chi connectivity index (χ2v) is 4.81. The molecular formula is C11H15NO2. The lowest BCUT2D eigenvalue weighted by atomic mass is 9.81. The fourth-order valence-electron chi connectivity index (χ4n) is 3.78. The van der Waals surface area contributed by atoms with Crippen LogP contribution in [0.1, 0.15) is 26.2 Å². The molecule has 76 valence electrons. The van der Waals surface area contributed by atoms with Crippen LogP contribution in [0.5, 0.6) is 0 Å². The molecule has 0 aromatic carbocycles. The van der Waals surface area contributed by atoms with Crippen molar-refractivity contribution in [1.29, 1.82) is 0 Å². The van der Waals surface area contributed by atoms with E-state index >= 15 is 0 Å². The number of carbonyl (C=O) groups is 2. The molecule has 3 rings (SSSR count). The summed E-state index contributed by atoms with van der Waals surface area (Å²) in [7, 11) is 0. The van der Waals surface area contributed by atoms with Crippen molar-refractivity contribution >= 4 is 11.8 Å². The van der Waals surface area contributed by atoms with Gasteiger partial charge in [0.25, 0.3) is 0 Å². The average Bonchev–Trinajstić information content (AvgIpc) is 2.80. The van der Waals surface area contributed by atoms with Crippen LogP contribution in [0.15, 0.2) is 0 Å². The van der Waals surface area contributed by atoms with Crippen LogP contribution < -0.4 is 0 Å². The Morgan fingerprint density at radius 3 is 2.07 bits per heavy atom. The number of likely N-dealkylation sites (tertiary alicyclic amines) is 1. The van der Waals surface area contributed by atoms with Crippen LogP contribution in [0.25, 0.3) is 0 Å². The van der Waals surface area contributed by atoms with Crippen LogP contribution in [0.4, 0.5) is 0 Å². The van der Waals surface area contributed by atoms with Crippen LogP contribution in [0.2, 0.25) is 0 Å². The van der Waals surface area contributed by atoms with Gasteiger partial charge in [0, 0.05) is 6.54 Å². The largest absolute Gasteiger partial charge is 0.282 e. The average molecular weight is 193 g/mol. The third-order valence-corrected chi connectivity index (χ3v) is 4.33. The Bertz CT molecular complexity index is 284. The van der Waals surface area contributed by atoms with Gasteiger partial charge in [0.1, 0.15) is 0 Å². The second-order valence-electron chi connectivity index (χ2n) is 4.81. The Morgan fingerprint density at radius 2 is 1.64 bits per heavy atom. The molecule has 3 fully saturated rings. The molecule has 3 heteroatoms. The number of rotatable bonds is 1. The quantitative estimate of drug-likeness (QED) is 0.583. The van der Waals surface area contributed by atoms with Gasteiger partial charge < -0.3 is 0 Å². The molecular weight excluding hydrogens is 178 g/mol. The van der Waals surface area contributed by atoms with Crippen LogP contribution >= 0.6 is 0 Å². The van der Waals surface area contributed by atoms with E-state index in [0.717, 1.165) is 6.42 Å². The van der Waals surface area contributed by atoms with Crippen LogP contribution in [-0.2, 0) is 9.59 Å². The first-order valence-corrected chi connectivity index (χ1v) is 5.59. The number of amides is 2. The first-order chi connectivity index (χ1) is 6.74. The maximum Gasteiger partial charge on any atom is 0.233 e. The maximum atomic E-state index is 11.9. The van der Waals surface area contributed by atoms with Crippen molar-refractivity contribution in [3.63, 3.8) is 0 Å². The third kappa shape index (κ3) is 0.787. The van der Waals surface area contributed by atoms with Crippen LogP contribution in [-0.4, -0.2) is 23.3 Å². The van der Waals surface area contributed by atoms with Crippen molar-refractivity contribution in [2.75, 3.05) is 6.54 Å². The Kier molecular flexibility index (Phi) is 1.56. The number of imide groups is 1. The minimum Gasteiger partial charge on any atom is -0.282 e. The Balaban J connectivity index is 1.98. The molecule has 1 heterocycles. The van der Waals surface area contributed by atoms with Gasteiger partial charge in [-0.25, -0.2) is 0 Å². The minimum atomic E-state index is 0.0706. The van der Waals surface area contributed by atoms with Gasteiger partial charge in [-0.3, -0.25) is 14.5 Å². The van der Waals surface area contributed by atoms with Gasteiger partial charge in [-0.1, -0.05) is 0 Å². The molecule has 3 nitrogen and oxygen atoms in total. The summed E-state index contributed by atoms with van der Waals surface area (Å²) in [5.74, 6) is 1.43. The van der Waals surface area contributed by atoms with Crippen molar-refractivity contribution in [2.24, 2.45) is 23.7 Å². The molecule has 0 radical (unpaired) electrons. The SMILES string of the molecule is CCN1C(=O)[C@@H]2[C@@H]3CC[C@@H](C3)[C@@H]2C1=O. The Morgan fingerprint density at radius 1 is 1.14 bits per heavy atom. The molecule has 0 unspecified atom stereocenters. The second kappa shape index (κ2) is 2.59. The van der Waals surface area contributed by atoms with E-state index in [2.05, 4.69) is 0 Å². The summed E-state index contributed by atoms with van der Waals surface area (Å²) < 4.78 is 0. The highest BCUT2D eigenvalue weighted by molar-refractivity contribution is 6.06. The molecule has 3 aliphatic rings. The monoisotopic (exact) mass is 193 g/mol. The molecule has 0 aromatic rings. The zero-order valence-electron chi connectivity index (χ0n) is 8.40. The van der Waals surface area contributed by atoms with Crippen molar-refractivity contribution in [1.82, 2.24) is 4.90 Å². The molecule has 0 aromatic heterocycles. The van der Waals surface area contributed by atoms with E-state index in [1.165, 1.54) is 17.7 Å². The summed E-state index contributed by atoms with van der Waals surface area (Å²) in [6, 6.07) is 0. The third-order valence-electron chi connectivity index (χ3n) is 4.33. The summed E-state index contributed by atoms with van der Waals surface area (Å²) in [5.41, 5.74) is 0. The number of carbonyl (C=O) groups excluding carboxylic acids is 2. The molecule has 1 aliphatic heterocycles. The lowest BCUT2D eigenvalue weighted by Gasteiger charge is -2.19. The predicted octanol–water partition coefficient (Wildman–Crippen LogP) is 1.04. The molecule has 4 atom stereocenters. The lowest BCUT2D eigenvalue weighted by molar-refractivity contribution is -0.140. The first kappa shape index (κ1) is 8.45. The fourth-order valence-corrected chi connectivity index (χ4v) is 3.78. The van der Waals surface area contributed by atoms with Crippen LogP contribution in [0, 0.1) is 23.7 Å². The van der Waals surface area contributed by atoms with Gasteiger partial charge in [-0.05, 0) is 38.0 Å². The van der Waals surface area contributed by atoms with Crippen molar-refractivity contribution in [2.45, 2.75) is 26.2 Å². The highest BCUT2D eigenvalue weighted by Crippen LogP contribution is 2.55. The number of nitrogens with zero attached hydrogens (tertiary/aromatic N) is 1. The summed E-state index contributed by atoms with van der Waals surface area (Å²) in [6.45, 7) is 2.45.